The van der Waals surface area contributed by atoms with E-state index in [9.17, 15) is 4.79 Å². The number of ether oxygens (including phenoxy) is 1. The van der Waals surface area contributed by atoms with Gasteiger partial charge < -0.3 is 14.5 Å². The normalized spacial score (nSPS) is 15.0. The van der Waals surface area contributed by atoms with Gasteiger partial charge in [-0.25, -0.2) is 0 Å². The van der Waals surface area contributed by atoms with E-state index < -0.39 is 0 Å². The van der Waals surface area contributed by atoms with Gasteiger partial charge in [0.25, 0.3) is 5.91 Å². The number of amides is 1. The molecule has 0 atom stereocenters. The number of aryl methyl sites for hydroxylation is 1. The largest absolute Gasteiger partial charge is 0.486 e. The first kappa shape index (κ1) is 20.4. The number of thiocarbonyl (C=S) groups is 1. The van der Waals surface area contributed by atoms with Crippen LogP contribution in [-0.4, -0.2) is 11.0 Å². The van der Waals surface area contributed by atoms with Crippen LogP contribution in [-0.2, 0) is 17.8 Å². The second kappa shape index (κ2) is 8.85. The molecule has 1 amide bonds. The molecule has 0 bridgehead atoms. The Kier molecular flexibility index (Phi) is 6.01. The van der Waals surface area contributed by atoms with Crippen LogP contribution in [0, 0.1) is 0 Å². The summed E-state index contributed by atoms with van der Waals surface area (Å²) >= 11 is 8.83. The van der Waals surface area contributed by atoms with Gasteiger partial charge in [-0.3, -0.25) is 9.69 Å². The van der Waals surface area contributed by atoms with E-state index in [0.29, 0.717) is 22.3 Å². The number of nitrogens with one attached hydrogen (secondary N) is 1. The molecule has 1 aromatic heterocycles. The Morgan fingerprint density at radius 1 is 1.17 bits per heavy atom. The van der Waals surface area contributed by atoms with Gasteiger partial charge in [-0.15, -0.1) is 0 Å². The maximum Gasteiger partial charge on any atom is 0.281 e. The highest BCUT2D eigenvalue weighted by Crippen LogP contribution is 2.27. The first-order chi connectivity index (χ1) is 14.5. The van der Waals surface area contributed by atoms with Gasteiger partial charge in [0.2, 0.25) is 0 Å². The maximum absolute atomic E-state index is 13.0. The van der Waals surface area contributed by atoms with Gasteiger partial charge in [0.1, 0.15) is 29.6 Å². The highest BCUT2D eigenvalue weighted by molar-refractivity contribution is 9.10. The zero-order chi connectivity index (χ0) is 21.1. The first-order valence-corrected chi connectivity index (χ1v) is 10.7. The number of furan rings is 1. The lowest BCUT2D eigenvalue weighted by molar-refractivity contribution is -0.113. The van der Waals surface area contributed by atoms with Crippen molar-refractivity contribution in [2.45, 2.75) is 20.0 Å². The van der Waals surface area contributed by atoms with Crippen molar-refractivity contribution in [3.63, 3.8) is 0 Å². The summed E-state index contributed by atoms with van der Waals surface area (Å²) < 4.78 is 12.5. The number of rotatable bonds is 6. The van der Waals surface area contributed by atoms with Crippen LogP contribution in [0.25, 0.3) is 6.08 Å². The molecular formula is C23H19BrN2O3S. The molecule has 0 radical (unpaired) electrons. The predicted molar refractivity (Wildman–Crippen MR) is 124 cm³/mol. The summed E-state index contributed by atoms with van der Waals surface area (Å²) in [7, 11) is 0. The third kappa shape index (κ3) is 4.32. The van der Waals surface area contributed by atoms with Gasteiger partial charge in [0, 0.05) is 10.5 Å². The molecule has 2 aromatic carbocycles. The number of anilines is 1. The Morgan fingerprint density at radius 2 is 2.00 bits per heavy atom. The van der Waals surface area contributed by atoms with Crippen molar-refractivity contribution < 1.29 is 13.9 Å². The fourth-order valence-electron chi connectivity index (χ4n) is 3.18. The van der Waals surface area contributed by atoms with Gasteiger partial charge in [-0.1, -0.05) is 47.1 Å². The molecule has 0 aliphatic carbocycles. The minimum absolute atomic E-state index is 0.204. The molecule has 3 aromatic rings. The van der Waals surface area contributed by atoms with E-state index in [1.807, 2.05) is 61.5 Å². The lowest BCUT2D eigenvalue weighted by Crippen LogP contribution is -2.31. The van der Waals surface area contributed by atoms with Gasteiger partial charge >= 0.3 is 0 Å². The van der Waals surface area contributed by atoms with Crippen LogP contribution < -0.4 is 15.0 Å². The smallest absolute Gasteiger partial charge is 0.281 e. The number of halogens is 1. The Bertz CT molecular complexity index is 1140. The minimum atomic E-state index is -0.204. The summed E-state index contributed by atoms with van der Waals surface area (Å²) in [6.07, 6.45) is 2.47. The van der Waals surface area contributed by atoms with Crippen LogP contribution >= 0.6 is 28.1 Å². The average molecular weight is 483 g/mol. The van der Waals surface area contributed by atoms with Gasteiger partial charge in [0.05, 0.1) is 5.69 Å². The Morgan fingerprint density at radius 3 is 2.80 bits per heavy atom. The average Bonchev–Trinajstić information content (AvgIpc) is 3.30. The lowest BCUT2D eigenvalue weighted by Gasteiger charge is -2.17. The van der Waals surface area contributed by atoms with Crippen molar-refractivity contribution >= 4 is 50.9 Å². The topological polar surface area (TPSA) is 54.7 Å². The summed E-state index contributed by atoms with van der Waals surface area (Å²) in [5, 5.41) is 3.36. The highest BCUT2D eigenvalue weighted by Gasteiger charge is 2.33. The number of carbonyl (C=O) groups excluding carboxylic acids is 1. The highest BCUT2D eigenvalue weighted by atomic mass is 79.9. The van der Waals surface area contributed by atoms with Crippen LogP contribution in [0.2, 0.25) is 0 Å². The molecule has 0 saturated carbocycles. The predicted octanol–water partition coefficient (Wildman–Crippen LogP) is 5.45. The standard InChI is InChI=1S/C23H19BrN2O3S/c1-2-15-6-3-4-9-21(15)26-22(27)20(25-23(26)30)13-18-10-11-19(29-18)14-28-17-8-5-7-16(24)12-17/h3-13H,2,14H2,1H3,(H,25,30)/b20-13+. The molecule has 1 aliphatic heterocycles. The van der Waals surface area contributed by atoms with Crippen molar-refractivity contribution in [2.75, 3.05) is 4.90 Å². The van der Waals surface area contributed by atoms with Gasteiger partial charge in [0.15, 0.2) is 5.11 Å². The maximum atomic E-state index is 13.0. The fraction of sp³-hybridized carbons (Fsp3) is 0.130. The van der Waals surface area contributed by atoms with E-state index in [-0.39, 0.29) is 12.5 Å². The third-order valence-corrected chi connectivity index (χ3v) is 5.42. The van der Waals surface area contributed by atoms with E-state index in [2.05, 4.69) is 21.2 Å². The quantitative estimate of drug-likeness (QED) is 0.374. The molecule has 4 rings (SSSR count). The molecule has 5 nitrogen and oxygen atoms in total. The molecule has 0 spiro atoms. The number of nitrogens with zero attached hydrogens (tertiary/aromatic N) is 1. The third-order valence-electron chi connectivity index (χ3n) is 4.64. The van der Waals surface area contributed by atoms with Crippen LogP contribution in [0.4, 0.5) is 5.69 Å². The number of carbonyl (C=O) groups is 1. The monoisotopic (exact) mass is 482 g/mol. The van der Waals surface area contributed by atoms with Crippen molar-refractivity contribution in [3.05, 3.63) is 87.9 Å². The molecule has 1 aliphatic rings. The fourth-order valence-corrected chi connectivity index (χ4v) is 3.85. The first-order valence-electron chi connectivity index (χ1n) is 9.47. The van der Waals surface area contributed by atoms with Crippen molar-refractivity contribution in [1.29, 1.82) is 0 Å². The number of hydrogen-bond donors (Lipinski definition) is 1. The van der Waals surface area contributed by atoms with E-state index in [0.717, 1.165) is 27.9 Å². The van der Waals surface area contributed by atoms with Crippen molar-refractivity contribution in [1.82, 2.24) is 5.32 Å². The Balaban J connectivity index is 1.49. The summed E-state index contributed by atoms with van der Waals surface area (Å²) in [6.45, 7) is 2.34. The zero-order valence-corrected chi connectivity index (χ0v) is 18.6. The molecule has 1 N–H and O–H groups in total. The van der Waals surface area contributed by atoms with Crippen LogP contribution in [0.5, 0.6) is 5.75 Å². The van der Waals surface area contributed by atoms with Crippen LogP contribution in [0.3, 0.4) is 0 Å². The molecule has 7 heteroatoms. The zero-order valence-electron chi connectivity index (χ0n) is 16.2. The SMILES string of the molecule is CCc1ccccc1N1C(=O)/C(=C\c2ccc(COc3cccc(Br)c3)o2)NC1=S. The van der Waals surface area contributed by atoms with E-state index in [1.165, 1.54) is 4.90 Å². The minimum Gasteiger partial charge on any atom is -0.486 e. The second-order valence-corrected chi connectivity index (χ2v) is 7.96. The number of hydrogen-bond acceptors (Lipinski definition) is 4. The van der Waals surface area contributed by atoms with E-state index in [1.54, 1.807) is 12.1 Å². The van der Waals surface area contributed by atoms with Crippen molar-refractivity contribution in [3.8, 4) is 5.75 Å². The van der Waals surface area contributed by atoms with Gasteiger partial charge in [-0.05, 0) is 60.6 Å². The number of para-hydroxylation sites is 1. The summed E-state index contributed by atoms with van der Waals surface area (Å²) in [4.78, 5) is 14.5. The van der Waals surface area contributed by atoms with E-state index >= 15 is 0 Å². The molecule has 2 heterocycles. The number of benzene rings is 2. The molecule has 1 fully saturated rings. The summed E-state index contributed by atoms with van der Waals surface area (Å²) in [5.41, 5.74) is 2.23. The van der Waals surface area contributed by atoms with Crippen LogP contribution in [0.1, 0.15) is 24.0 Å². The Labute approximate surface area is 188 Å². The molecule has 152 valence electrons. The van der Waals surface area contributed by atoms with Crippen molar-refractivity contribution in [2.24, 2.45) is 0 Å². The van der Waals surface area contributed by atoms with Crippen LogP contribution in [0.15, 0.2) is 75.3 Å². The van der Waals surface area contributed by atoms with E-state index in [4.69, 9.17) is 21.4 Å². The molecule has 30 heavy (non-hydrogen) atoms. The molecule has 0 unspecified atom stereocenters. The summed E-state index contributed by atoms with van der Waals surface area (Å²) in [6, 6.07) is 19.0. The molecule has 1 saturated heterocycles. The molecular weight excluding hydrogens is 464 g/mol. The Hall–Kier alpha value is -2.90. The van der Waals surface area contributed by atoms with Gasteiger partial charge in [-0.2, -0.15) is 0 Å². The lowest BCUT2D eigenvalue weighted by atomic mass is 10.1. The summed E-state index contributed by atoms with van der Waals surface area (Å²) in [5.74, 6) is 1.74. The second-order valence-electron chi connectivity index (χ2n) is 6.66.